The van der Waals surface area contributed by atoms with E-state index in [9.17, 15) is 9.59 Å². The third-order valence-electron chi connectivity index (χ3n) is 2.97. The normalized spacial score (nSPS) is 11.7. The van der Waals surface area contributed by atoms with Crippen LogP contribution in [0.2, 0.25) is 0 Å². The monoisotopic (exact) mass is 348 g/mol. The standard InChI is InChI=1S/C15H13BrN2O3/c1-9(10-5-2-3-7-12(10)16)18-14(19)13-11(15(20)21)6-4-8-17-13/h2-9H,1H3,(H,18,19)(H,20,21)/t9-/m1/s1. The Hall–Kier alpha value is -2.21. The fourth-order valence-corrected chi connectivity index (χ4v) is 2.56. The highest BCUT2D eigenvalue weighted by molar-refractivity contribution is 9.10. The Morgan fingerprint density at radius 1 is 1.24 bits per heavy atom. The molecule has 6 heteroatoms. The number of carboxylic acid groups (broad SMARTS) is 1. The number of rotatable bonds is 4. The van der Waals surface area contributed by atoms with Crippen LogP contribution in [-0.2, 0) is 0 Å². The Balaban J connectivity index is 2.23. The molecule has 1 heterocycles. The molecule has 0 radical (unpaired) electrons. The van der Waals surface area contributed by atoms with Crippen LogP contribution in [0, 0.1) is 0 Å². The number of nitrogens with one attached hydrogen (secondary N) is 1. The van der Waals surface area contributed by atoms with Gasteiger partial charge in [-0.3, -0.25) is 9.78 Å². The molecule has 108 valence electrons. The number of benzene rings is 1. The zero-order valence-electron chi connectivity index (χ0n) is 11.2. The quantitative estimate of drug-likeness (QED) is 0.889. The molecule has 0 bridgehead atoms. The van der Waals surface area contributed by atoms with Crippen molar-refractivity contribution in [2.24, 2.45) is 0 Å². The van der Waals surface area contributed by atoms with Crippen molar-refractivity contribution in [2.45, 2.75) is 13.0 Å². The average Bonchev–Trinajstić information content (AvgIpc) is 2.47. The minimum absolute atomic E-state index is 0.0936. The minimum atomic E-state index is -1.18. The maximum atomic E-state index is 12.2. The van der Waals surface area contributed by atoms with E-state index in [0.29, 0.717) is 0 Å². The molecule has 0 aliphatic carbocycles. The molecular weight excluding hydrogens is 336 g/mol. The third-order valence-corrected chi connectivity index (χ3v) is 3.69. The number of hydrogen-bond donors (Lipinski definition) is 2. The molecule has 2 rings (SSSR count). The molecule has 0 saturated heterocycles. The molecule has 0 unspecified atom stereocenters. The molecule has 1 atom stereocenters. The van der Waals surface area contributed by atoms with Crippen LogP contribution in [0.25, 0.3) is 0 Å². The van der Waals surface area contributed by atoms with E-state index in [0.717, 1.165) is 10.0 Å². The predicted octanol–water partition coefficient (Wildman–Crippen LogP) is 3.03. The van der Waals surface area contributed by atoms with Gasteiger partial charge in [-0.25, -0.2) is 4.79 Å². The summed E-state index contributed by atoms with van der Waals surface area (Å²) >= 11 is 3.42. The molecule has 5 nitrogen and oxygen atoms in total. The van der Waals surface area contributed by atoms with Crippen molar-refractivity contribution >= 4 is 27.8 Å². The summed E-state index contributed by atoms with van der Waals surface area (Å²) in [6.45, 7) is 1.82. The van der Waals surface area contributed by atoms with Gasteiger partial charge in [-0.05, 0) is 30.7 Å². The molecule has 0 spiro atoms. The first-order valence-corrected chi connectivity index (χ1v) is 7.03. The number of halogens is 1. The highest BCUT2D eigenvalue weighted by Gasteiger charge is 2.20. The van der Waals surface area contributed by atoms with Gasteiger partial charge in [0.25, 0.3) is 5.91 Å². The number of carbonyl (C=O) groups is 2. The van der Waals surface area contributed by atoms with Gasteiger partial charge < -0.3 is 10.4 Å². The van der Waals surface area contributed by atoms with Crippen LogP contribution in [0.3, 0.4) is 0 Å². The Morgan fingerprint density at radius 3 is 2.62 bits per heavy atom. The third kappa shape index (κ3) is 3.46. The maximum absolute atomic E-state index is 12.2. The summed E-state index contributed by atoms with van der Waals surface area (Å²) in [6, 6.07) is 10.1. The van der Waals surface area contributed by atoms with Crippen LogP contribution in [0.1, 0.15) is 39.4 Å². The fourth-order valence-electron chi connectivity index (χ4n) is 1.93. The Morgan fingerprint density at radius 2 is 1.95 bits per heavy atom. The van der Waals surface area contributed by atoms with Gasteiger partial charge in [0, 0.05) is 10.7 Å². The van der Waals surface area contributed by atoms with Crippen molar-refractivity contribution in [1.29, 1.82) is 0 Å². The second-order valence-corrected chi connectivity index (χ2v) is 5.28. The summed E-state index contributed by atoms with van der Waals surface area (Å²) in [7, 11) is 0. The highest BCUT2D eigenvalue weighted by atomic mass is 79.9. The van der Waals surface area contributed by atoms with Gasteiger partial charge in [0.05, 0.1) is 11.6 Å². The Bertz CT molecular complexity index is 688. The largest absolute Gasteiger partial charge is 0.478 e. The summed E-state index contributed by atoms with van der Waals surface area (Å²) in [4.78, 5) is 27.2. The van der Waals surface area contributed by atoms with E-state index in [-0.39, 0.29) is 17.3 Å². The van der Waals surface area contributed by atoms with E-state index in [1.54, 1.807) is 0 Å². The highest BCUT2D eigenvalue weighted by Crippen LogP contribution is 2.23. The van der Waals surface area contributed by atoms with Crippen LogP contribution in [0.4, 0.5) is 0 Å². The number of pyridine rings is 1. The lowest BCUT2D eigenvalue weighted by Gasteiger charge is -2.16. The van der Waals surface area contributed by atoms with Gasteiger partial charge in [0.2, 0.25) is 0 Å². The van der Waals surface area contributed by atoms with E-state index in [1.807, 2.05) is 31.2 Å². The summed E-state index contributed by atoms with van der Waals surface area (Å²) in [5.74, 6) is -1.70. The molecule has 1 aromatic carbocycles. The number of aromatic carboxylic acids is 1. The van der Waals surface area contributed by atoms with Crippen molar-refractivity contribution in [1.82, 2.24) is 10.3 Å². The number of amides is 1. The van der Waals surface area contributed by atoms with E-state index in [4.69, 9.17) is 5.11 Å². The Labute approximate surface area is 130 Å². The average molecular weight is 349 g/mol. The second kappa shape index (κ2) is 6.49. The van der Waals surface area contributed by atoms with Crippen molar-refractivity contribution < 1.29 is 14.7 Å². The molecule has 0 saturated carbocycles. The van der Waals surface area contributed by atoms with Crippen molar-refractivity contribution in [3.05, 3.63) is 63.9 Å². The van der Waals surface area contributed by atoms with Gasteiger partial charge in [-0.1, -0.05) is 34.1 Å². The number of aromatic nitrogens is 1. The van der Waals surface area contributed by atoms with E-state index in [1.165, 1.54) is 18.3 Å². The number of hydrogen-bond acceptors (Lipinski definition) is 3. The van der Waals surface area contributed by atoms with Gasteiger partial charge in [-0.2, -0.15) is 0 Å². The minimum Gasteiger partial charge on any atom is -0.478 e. The summed E-state index contributed by atoms with van der Waals surface area (Å²) in [5, 5.41) is 11.8. The molecule has 2 aromatic rings. The first-order chi connectivity index (χ1) is 10.0. The van der Waals surface area contributed by atoms with Crippen molar-refractivity contribution in [2.75, 3.05) is 0 Å². The topological polar surface area (TPSA) is 79.3 Å². The van der Waals surface area contributed by atoms with Gasteiger partial charge >= 0.3 is 5.97 Å². The lowest BCUT2D eigenvalue weighted by Crippen LogP contribution is -2.29. The maximum Gasteiger partial charge on any atom is 0.338 e. The lowest BCUT2D eigenvalue weighted by atomic mass is 10.1. The molecule has 1 aromatic heterocycles. The second-order valence-electron chi connectivity index (χ2n) is 4.42. The zero-order chi connectivity index (χ0) is 15.4. The smallest absolute Gasteiger partial charge is 0.338 e. The summed E-state index contributed by atoms with van der Waals surface area (Å²) in [5.41, 5.74) is 0.692. The van der Waals surface area contributed by atoms with Gasteiger partial charge in [-0.15, -0.1) is 0 Å². The first kappa shape index (κ1) is 15.2. The SMILES string of the molecule is C[C@@H](NC(=O)c1ncccc1C(=O)O)c1ccccc1Br. The van der Waals surface area contributed by atoms with Crippen molar-refractivity contribution in [3.8, 4) is 0 Å². The first-order valence-electron chi connectivity index (χ1n) is 6.24. The zero-order valence-corrected chi connectivity index (χ0v) is 12.8. The molecule has 0 aliphatic heterocycles. The molecule has 0 fully saturated rings. The number of carbonyl (C=O) groups excluding carboxylic acids is 1. The number of carboxylic acids is 1. The Kier molecular flexibility index (Phi) is 4.70. The predicted molar refractivity (Wildman–Crippen MR) is 81.2 cm³/mol. The van der Waals surface area contributed by atoms with Crippen molar-refractivity contribution in [3.63, 3.8) is 0 Å². The summed E-state index contributed by atoms with van der Waals surface area (Å²) < 4.78 is 0.872. The van der Waals surface area contributed by atoms with E-state index < -0.39 is 11.9 Å². The van der Waals surface area contributed by atoms with Crippen LogP contribution in [-0.4, -0.2) is 22.0 Å². The molecule has 21 heavy (non-hydrogen) atoms. The van der Waals surface area contributed by atoms with E-state index in [2.05, 4.69) is 26.2 Å². The lowest BCUT2D eigenvalue weighted by molar-refractivity contribution is 0.0689. The molecule has 0 aliphatic rings. The fraction of sp³-hybridized carbons (Fsp3) is 0.133. The van der Waals surface area contributed by atoms with Crippen LogP contribution >= 0.6 is 15.9 Å². The van der Waals surface area contributed by atoms with E-state index >= 15 is 0 Å². The van der Waals surface area contributed by atoms with Crippen LogP contribution < -0.4 is 5.32 Å². The van der Waals surface area contributed by atoms with Crippen LogP contribution in [0.5, 0.6) is 0 Å². The molecule has 2 N–H and O–H groups in total. The van der Waals surface area contributed by atoms with Crippen LogP contribution in [0.15, 0.2) is 47.1 Å². The number of nitrogens with zero attached hydrogens (tertiary/aromatic N) is 1. The van der Waals surface area contributed by atoms with Gasteiger partial charge in [0.15, 0.2) is 0 Å². The molecule has 1 amide bonds. The molecular formula is C15H13BrN2O3. The summed E-state index contributed by atoms with van der Waals surface area (Å²) in [6.07, 6.45) is 1.39. The van der Waals surface area contributed by atoms with Gasteiger partial charge in [0.1, 0.15) is 5.69 Å².